The fourth-order valence-electron chi connectivity index (χ4n) is 3.35. The van der Waals surface area contributed by atoms with Crippen molar-refractivity contribution < 1.29 is 23.8 Å². The van der Waals surface area contributed by atoms with Crippen LogP contribution in [0.4, 0.5) is 9.18 Å². The lowest BCUT2D eigenvalue weighted by Gasteiger charge is -2.38. The quantitative estimate of drug-likeness (QED) is 0.696. The van der Waals surface area contributed by atoms with Crippen LogP contribution in [0.15, 0.2) is 24.3 Å². The van der Waals surface area contributed by atoms with E-state index in [0.29, 0.717) is 51.2 Å². The van der Waals surface area contributed by atoms with Crippen molar-refractivity contribution in [1.29, 1.82) is 0 Å². The van der Waals surface area contributed by atoms with Gasteiger partial charge < -0.3 is 25.0 Å². The Kier molecular flexibility index (Phi) is 5.73. The molecule has 2 heterocycles. The number of amides is 2. The molecule has 1 atom stereocenters. The number of benzene rings is 1. The Hall–Kier alpha value is -2.19. The van der Waals surface area contributed by atoms with Crippen LogP contribution >= 0.6 is 0 Å². The predicted molar refractivity (Wildman–Crippen MR) is 91.8 cm³/mol. The monoisotopic (exact) mass is 365 g/mol. The molecule has 2 amide bonds. The van der Waals surface area contributed by atoms with Crippen molar-refractivity contribution in [2.45, 2.75) is 25.0 Å². The summed E-state index contributed by atoms with van der Waals surface area (Å²) in [5, 5.41) is 13.8. The molecule has 7 nitrogen and oxygen atoms in total. The third-order valence-corrected chi connectivity index (χ3v) is 4.84. The molecule has 8 heteroatoms. The molecular formula is C18H24FN3O4. The minimum Gasteiger partial charge on any atom is -0.448 e. The molecule has 1 aromatic rings. The van der Waals surface area contributed by atoms with Crippen molar-refractivity contribution in [3.63, 3.8) is 0 Å². The van der Waals surface area contributed by atoms with Crippen LogP contribution in [-0.4, -0.2) is 71.8 Å². The molecule has 1 aromatic carbocycles. The maximum atomic E-state index is 13.8. The fourth-order valence-corrected chi connectivity index (χ4v) is 3.35. The number of hydrogen-bond acceptors (Lipinski definition) is 5. The molecule has 2 aliphatic heterocycles. The Labute approximate surface area is 151 Å². The number of carbonyl (C=O) groups is 2. The number of likely N-dealkylation sites (tertiary alicyclic amines) is 1. The summed E-state index contributed by atoms with van der Waals surface area (Å²) in [6, 6.07) is 6.34. The van der Waals surface area contributed by atoms with Gasteiger partial charge in [-0.05, 0) is 18.9 Å². The molecule has 1 unspecified atom stereocenters. The summed E-state index contributed by atoms with van der Waals surface area (Å²) in [5.41, 5.74) is -1.07. The van der Waals surface area contributed by atoms with Gasteiger partial charge in [-0.15, -0.1) is 0 Å². The highest BCUT2D eigenvalue weighted by Crippen LogP contribution is 2.24. The second-order valence-electron chi connectivity index (χ2n) is 6.73. The first-order chi connectivity index (χ1) is 12.5. The molecular weight excluding hydrogens is 341 g/mol. The largest absolute Gasteiger partial charge is 0.448 e. The molecule has 3 rings (SSSR count). The molecule has 0 bridgehead atoms. The lowest BCUT2D eigenvalue weighted by Crippen LogP contribution is -2.58. The Morgan fingerprint density at radius 1 is 1.23 bits per heavy atom. The second-order valence-corrected chi connectivity index (χ2v) is 6.73. The van der Waals surface area contributed by atoms with Gasteiger partial charge in [0.1, 0.15) is 12.4 Å². The van der Waals surface area contributed by atoms with Crippen LogP contribution in [0.5, 0.6) is 0 Å². The van der Waals surface area contributed by atoms with Crippen LogP contribution in [0.2, 0.25) is 0 Å². The summed E-state index contributed by atoms with van der Waals surface area (Å²) in [4.78, 5) is 27.1. The van der Waals surface area contributed by atoms with Crippen LogP contribution < -0.4 is 5.32 Å². The Bertz CT molecular complexity index is 672. The lowest BCUT2D eigenvalue weighted by molar-refractivity contribution is -0.157. The van der Waals surface area contributed by atoms with Gasteiger partial charge in [0.2, 0.25) is 0 Å². The second kappa shape index (κ2) is 8.01. The van der Waals surface area contributed by atoms with Gasteiger partial charge in [-0.25, -0.2) is 9.18 Å². The van der Waals surface area contributed by atoms with E-state index < -0.39 is 5.60 Å². The highest BCUT2D eigenvalue weighted by molar-refractivity contribution is 5.86. The van der Waals surface area contributed by atoms with Gasteiger partial charge >= 0.3 is 6.09 Å². The van der Waals surface area contributed by atoms with E-state index in [1.165, 1.54) is 11.0 Å². The number of aliphatic hydroxyl groups is 1. The van der Waals surface area contributed by atoms with Gasteiger partial charge in [0.25, 0.3) is 5.91 Å². The standard InChI is InChI=1S/C18H24FN3O4/c19-15-5-2-1-4-14(15)12-22-8-3-6-18(25,16(22)23)13-20-7-9-21-10-11-26-17(21)24/h1-2,4-5,20,25H,3,6-13H2. The number of carbonyl (C=O) groups excluding carboxylic acids is 2. The van der Waals surface area contributed by atoms with Crippen LogP contribution in [0.3, 0.4) is 0 Å². The summed E-state index contributed by atoms with van der Waals surface area (Å²) in [5.74, 6) is -0.745. The maximum absolute atomic E-state index is 13.8. The third kappa shape index (κ3) is 4.13. The van der Waals surface area contributed by atoms with Gasteiger partial charge in [-0.2, -0.15) is 0 Å². The molecule has 0 radical (unpaired) electrons. The van der Waals surface area contributed by atoms with Crippen molar-refractivity contribution in [3.8, 4) is 0 Å². The van der Waals surface area contributed by atoms with Gasteiger partial charge in [-0.3, -0.25) is 4.79 Å². The maximum Gasteiger partial charge on any atom is 0.409 e. The lowest BCUT2D eigenvalue weighted by atomic mass is 9.91. The van der Waals surface area contributed by atoms with E-state index in [2.05, 4.69) is 5.32 Å². The van der Waals surface area contributed by atoms with E-state index in [4.69, 9.17) is 4.74 Å². The SMILES string of the molecule is O=C1OCCN1CCNCC1(O)CCCN(Cc2ccccc2F)C1=O. The zero-order valence-corrected chi connectivity index (χ0v) is 14.6. The van der Waals surface area contributed by atoms with Gasteiger partial charge in [0.05, 0.1) is 6.54 Å². The van der Waals surface area contributed by atoms with E-state index in [-0.39, 0.29) is 30.9 Å². The molecule has 2 fully saturated rings. The van der Waals surface area contributed by atoms with Crippen LogP contribution in [-0.2, 0) is 16.1 Å². The van der Waals surface area contributed by atoms with Crippen molar-refractivity contribution in [3.05, 3.63) is 35.6 Å². The van der Waals surface area contributed by atoms with E-state index in [0.717, 1.165) is 0 Å². The number of nitrogens with one attached hydrogen (secondary N) is 1. The highest BCUT2D eigenvalue weighted by atomic mass is 19.1. The van der Waals surface area contributed by atoms with E-state index >= 15 is 0 Å². The van der Waals surface area contributed by atoms with E-state index in [1.54, 1.807) is 23.1 Å². The summed E-state index contributed by atoms with van der Waals surface area (Å²) >= 11 is 0. The Morgan fingerprint density at radius 2 is 2.04 bits per heavy atom. The predicted octanol–water partition coefficient (Wildman–Crippen LogP) is 0.721. The van der Waals surface area contributed by atoms with Gasteiger partial charge in [0.15, 0.2) is 5.60 Å². The topological polar surface area (TPSA) is 82.1 Å². The zero-order chi connectivity index (χ0) is 18.6. The van der Waals surface area contributed by atoms with Crippen molar-refractivity contribution in [2.24, 2.45) is 0 Å². The summed E-state index contributed by atoms with van der Waals surface area (Å²) in [6.45, 7) is 2.61. The molecule has 26 heavy (non-hydrogen) atoms. The van der Waals surface area contributed by atoms with E-state index in [1.807, 2.05) is 0 Å². The first kappa shape index (κ1) is 18.6. The molecule has 0 spiro atoms. The normalized spacial score (nSPS) is 23.5. The van der Waals surface area contributed by atoms with Crippen LogP contribution in [0, 0.1) is 5.82 Å². The summed E-state index contributed by atoms with van der Waals surface area (Å²) < 4.78 is 18.7. The highest BCUT2D eigenvalue weighted by Gasteiger charge is 2.41. The number of ether oxygens (including phenoxy) is 1. The molecule has 0 saturated carbocycles. The number of rotatable bonds is 7. The van der Waals surface area contributed by atoms with Gasteiger partial charge in [-0.1, -0.05) is 18.2 Å². The third-order valence-electron chi connectivity index (χ3n) is 4.84. The molecule has 2 saturated heterocycles. The molecule has 0 aliphatic carbocycles. The first-order valence-corrected chi connectivity index (χ1v) is 8.87. The summed E-state index contributed by atoms with van der Waals surface area (Å²) in [6.07, 6.45) is 0.671. The molecule has 2 N–H and O–H groups in total. The van der Waals surface area contributed by atoms with Crippen molar-refractivity contribution in [2.75, 3.05) is 39.3 Å². The zero-order valence-electron chi connectivity index (χ0n) is 14.6. The van der Waals surface area contributed by atoms with Gasteiger partial charge in [0, 0.05) is 38.3 Å². The van der Waals surface area contributed by atoms with Crippen molar-refractivity contribution in [1.82, 2.24) is 15.1 Å². The van der Waals surface area contributed by atoms with E-state index in [9.17, 15) is 19.1 Å². The minimum absolute atomic E-state index is 0.0997. The average Bonchev–Trinajstić information content (AvgIpc) is 3.03. The van der Waals surface area contributed by atoms with Crippen LogP contribution in [0.1, 0.15) is 18.4 Å². The number of nitrogens with zero attached hydrogens (tertiary/aromatic N) is 2. The molecule has 2 aliphatic rings. The average molecular weight is 365 g/mol. The Balaban J connectivity index is 1.52. The first-order valence-electron chi connectivity index (χ1n) is 8.87. The van der Waals surface area contributed by atoms with Crippen LogP contribution in [0.25, 0.3) is 0 Å². The Morgan fingerprint density at radius 3 is 2.77 bits per heavy atom. The molecule has 142 valence electrons. The molecule has 0 aromatic heterocycles. The fraction of sp³-hybridized carbons (Fsp3) is 0.556. The van der Waals surface area contributed by atoms with Crippen molar-refractivity contribution >= 4 is 12.0 Å². The number of hydrogen-bond donors (Lipinski definition) is 2. The smallest absolute Gasteiger partial charge is 0.409 e. The summed E-state index contributed by atoms with van der Waals surface area (Å²) in [7, 11) is 0. The number of piperidine rings is 1. The number of cyclic esters (lactones) is 1. The number of halogens is 1. The minimum atomic E-state index is -1.50.